The number of nitrogens with one attached hydrogen (secondary N) is 2. The molecule has 2 aromatic rings. The highest BCUT2D eigenvalue weighted by Gasteiger charge is 2.43. The number of rotatable bonds is 5. The van der Waals surface area contributed by atoms with Gasteiger partial charge in [-0.1, -0.05) is 23.9 Å². The molecule has 164 valence electrons. The number of thioether (sulfide) groups is 1. The van der Waals surface area contributed by atoms with E-state index in [0.717, 1.165) is 24.8 Å². The van der Waals surface area contributed by atoms with Crippen LogP contribution < -0.4 is 5.32 Å². The number of halogens is 1. The Balaban J connectivity index is 1.30. The van der Waals surface area contributed by atoms with Crippen molar-refractivity contribution in [3.05, 3.63) is 59.7 Å². The number of hydrogen-bond donors (Lipinski definition) is 2. The fourth-order valence-corrected chi connectivity index (χ4v) is 5.47. The summed E-state index contributed by atoms with van der Waals surface area (Å²) in [6.07, 6.45) is 4.25. The van der Waals surface area contributed by atoms with Gasteiger partial charge in [0.2, 0.25) is 0 Å². The molecule has 4 rings (SSSR count). The molecule has 1 fully saturated rings. The maximum Gasteiger partial charge on any atom is 0.270 e. The second-order valence-electron chi connectivity index (χ2n) is 8.50. The van der Waals surface area contributed by atoms with E-state index in [9.17, 15) is 14.0 Å². The third-order valence-electron chi connectivity index (χ3n) is 6.10. The smallest absolute Gasteiger partial charge is 0.270 e. The fraction of sp³-hybridized carbons (Fsp3) is 0.435. The molecule has 1 saturated heterocycles. The number of amides is 2. The van der Waals surface area contributed by atoms with Crippen molar-refractivity contribution in [2.75, 3.05) is 13.1 Å². The molecule has 2 aliphatic rings. The van der Waals surface area contributed by atoms with Crippen molar-refractivity contribution in [3.8, 4) is 0 Å². The molecule has 1 unspecified atom stereocenters. The van der Waals surface area contributed by atoms with Gasteiger partial charge >= 0.3 is 0 Å². The van der Waals surface area contributed by atoms with Crippen LogP contribution in [-0.2, 0) is 4.79 Å². The zero-order valence-electron chi connectivity index (χ0n) is 17.7. The Morgan fingerprint density at radius 1 is 1.32 bits per heavy atom. The number of likely N-dealkylation sites (tertiary alicyclic amines) is 1. The lowest BCUT2D eigenvalue weighted by molar-refractivity contribution is -0.119. The lowest BCUT2D eigenvalue weighted by Gasteiger charge is -2.34. The van der Waals surface area contributed by atoms with Crippen LogP contribution >= 0.6 is 11.8 Å². The number of aliphatic imine (C=N–C) groups is 1. The minimum absolute atomic E-state index is 0.0329. The molecule has 0 radical (unpaired) electrons. The fourth-order valence-electron chi connectivity index (χ4n) is 4.23. The van der Waals surface area contributed by atoms with Crippen molar-refractivity contribution in [1.82, 2.24) is 15.2 Å². The summed E-state index contributed by atoms with van der Waals surface area (Å²) < 4.78 is 12.6. The molecule has 2 atom stereocenters. The first-order chi connectivity index (χ1) is 14.8. The van der Waals surface area contributed by atoms with Gasteiger partial charge in [-0.2, -0.15) is 4.99 Å². The van der Waals surface area contributed by atoms with Gasteiger partial charge < -0.3 is 15.2 Å². The number of carbonyl (C=O) groups is 2. The highest BCUT2D eigenvalue weighted by atomic mass is 32.2. The quantitative estimate of drug-likeness (QED) is 0.730. The number of piperidine rings is 1. The van der Waals surface area contributed by atoms with Gasteiger partial charge in [0.25, 0.3) is 11.8 Å². The van der Waals surface area contributed by atoms with Gasteiger partial charge in [0.05, 0.1) is 6.04 Å². The van der Waals surface area contributed by atoms with Gasteiger partial charge in [0.15, 0.2) is 5.17 Å². The second-order valence-corrected chi connectivity index (χ2v) is 9.99. The third kappa shape index (κ3) is 4.84. The molecule has 2 N–H and O–H groups in total. The molecule has 0 bridgehead atoms. The summed E-state index contributed by atoms with van der Waals surface area (Å²) in [5.41, 5.74) is 1.55. The van der Waals surface area contributed by atoms with Crippen LogP contribution in [0.3, 0.4) is 0 Å². The lowest BCUT2D eigenvalue weighted by atomic mass is 9.87. The summed E-state index contributed by atoms with van der Waals surface area (Å²) in [7, 11) is 0. The van der Waals surface area contributed by atoms with E-state index in [1.54, 1.807) is 24.4 Å². The molecule has 0 spiro atoms. The second kappa shape index (κ2) is 8.86. The monoisotopic (exact) mass is 442 g/mol. The van der Waals surface area contributed by atoms with Gasteiger partial charge in [0.1, 0.15) is 16.3 Å². The minimum Gasteiger partial charge on any atom is -0.358 e. The largest absolute Gasteiger partial charge is 0.358 e. The van der Waals surface area contributed by atoms with E-state index in [0.29, 0.717) is 29.9 Å². The first kappa shape index (κ1) is 21.6. The Hall–Kier alpha value is -2.61. The SMILES string of the molecule is C[C@H](NC1=NC(=O)C(C)(CC2CCN(C(=O)c3ccc[nH]3)CC2)S1)c1ccc(F)cc1. The average molecular weight is 443 g/mol. The molecule has 8 heteroatoms. The maximum atomic E-state index is 13.2. The molecular weight excluding hydrogens is 415 g/mol. The third-order valence-corrected chi connectivity index (χ3v) is 7.29. The van der Waals surface area contributed by atoms with Gasteiger partial charge in [0, 0.05) is 19.3 Å². The Bertz CT molecular complexity index is 968. The Labute approximate surface area is 185 Å². The first-order valence-electron chi connectivity index (χ1n) is 10.6. The van der Waals surface area contributed by atoms with E-state index in [2.05, 4.69) is 15.3 Å². The van der Waals surface area contributed by atoms with Gasteiger partial charge in [-0.15, -0.1) is 0 Å². The first-order valence-corrected chi connectivity index (χ1v) is 11.4. The highest BCUT2D eigenvalue weighted by Crippen LogP contribution is 2.41. The van der Waals surface area contributed by atoms with E-state index >= 15 is 0 Å². The number of benzene rings is 1. The number of carbonyl (C=O) groups excluding carboxylic acids is 2. The van der Waals surface area contributed by atoms with E-state index in [1.165, 1.54) is 23.9 Å². The zero-order chi connectivity index (χ0) is 22.0. The number of aromatic amines is 1. The van der Waals surface area contributed by atoms with Crippen LogP contribution in [0.25, 0.3) is 0 Å². The van der Waals surface area contributed by atoms with Crippen LogP contribution in [0.2, 0.25) is 0 Å². The summed E-state index contributed by atoms with van der Waals surface area (Å²) in [6, 6.07) is 9.87. The maximum absolute atomic E-state index is 13.2. The predicted octanol–water partition coefficient (Wildman–Crippen LogP) is 4.14. The van der Waals surface area contributed by atoms with Gasteiger partial charge in [-0.25, -0.2) is 4.39 Å². The van der Waals surface area contributed by atoms with Crippen molar-refractivity contribution < 1.29 is 14.0 Å². The van der Waals surface area contributed by atoms with E-state index in [-0.39, 0.29) is 23.7 Å². The van der Waals surface area contributed by atoms with Crippen molar-refractivity contribution >= 4 is 28.7 Å². The Morgan fingerprint density at radius 3 is 2.68 bits per heavy atom. The predicted molar refractivity (Wildman–Crippen MR) is 120 cm³/mol. The molecule has 1 aromatic carbocycles. The highest BCUT2D eigenvalue weighted by molar-refractivity contribution is 8.16. The van der Waals surface area contributed by atoms with Crippen LogP contribution in [0.5, 0.6) is 0 Å². The minimum atomic E-state index is -0.596. The van der Waals surface area contributed by atoms with Crippen molar-refractivity contribution in [1.29, 1.82) is 0 Å². The zero-order valence-corrected chi connectivity index (χ0v) is 18.5. The molecular formula is C23H27FN4O2S. The molecule has 0 aliphatic carbocycles. The molecule has 6 nitrogen and oxygen atoms in total. The van der Waals surface area contributed by atoms with E-state index in [4.69, 9.17) is 0 Å². The summed E-state index contributed by atoms with van der Waals surface area (Å²) in [4.78, 5) is 34.3. The summed E-state index contributed by atoms with van der Waals surface area (Å²) in [5, 5.41) is 3.90. The molecule has 3 heterocycles. The van der Waals surface area contributed by atoms with Crippen LogP contribution in [0.1, 0.15) is 55.2 Å². The van der Waals surface area contributed by atoms with Gasteiger partial charge in [-0.05, 0) is 68.9 Å². The standard InChI is InChI=1S/C23H27FN4O2S/c1-15(17-5-7-18(24)8-6-17)26-22-27-21(30)23(2,31-22)14-16-9-12-28(13-10-16)20(29)19-4-3-11-25-19/h3-8,11,15-16,25H,9-10,12-14H2,1-2H3,(H,26,27,30)/t15-,23?/m0/s1. The van der Waals surface area contributed by atoms with Gasteiger partial charge in [-0.3, -0.25) is 9.59 Å². The number of amidine groups is 1. The normalized spacial score (nSPS) is 23.0. The number of aromatic nitrogens is 1. The Morgan fingerprint density at radius 2 is 2.03 bits per heavy atom. The lowest BCUT2D eigenvalue weighted by Crippen LogP contribution is -2.41. The van der Waals surface area contributed by atoms with Crippen molar-refractivity contribution in [3.63, 3.8) is 0 Å². The van der Waals surface area contributed by atoms with Crippen molar-refractivity contribution in [2.24, 2.45) is 10.9 Å². The molecule has 2 amide bonds. The van der Waals surface area contributed by atoms with Crippen LogP contribution in [0.15, 0.2) is 47.6 Å². The number of nitrogens with zero attached hydrogens (tertiary/aromatic N) is 2. The van der Waals surface area contributed by atoms with Crippen LogP contribution in [0, 0.1) is 11.7 Å². The molecule has 31 heavy (non-hydrogen) atoms. The topological polar surface area (TPSA) is 77.6 Å². The Kier molecular flexibility index (Phi) is 6.18. The summed E-state index contributed by atoms with van der Waals surface area (Å²) in [5.74, 6) is 0.0203. The van der Waals surface area contributed by atoms with Crippen molar-refractivity contribution in [2.45, 2.75) is 43.9 Å². The van der Waals surface area contributed by atoms with E-state index in [1.807, 2.05) is 24.8 Å². The average Bonchev–Trinajstić information content (AvgIpc) is 3.37. The van der Waals surface area contributed by atoms with E-state index < -0.39 is 4.75 Å². The molecule has 0 saturated carbocycles. The van der Waals surface area contributed by atoms with Crippen LogP contribution in [-0.4, -0.2) is 44.7 Å². The van der Waals surface area contributed by atoms with Crippen LogP contribution in [0.4, 0.5) is 4.39 Å². The summed E-state index contributed by atoms with van der Waals surface area (Å²) in [6.45, 7) is 5.32. The number of H-pyrrole nitrogens is 1. The molecule has 2 aliphatic heterocycles. The number of hydrogen-bond acceptors (Lipinski definition) is 4. The molecule has 1 aromatic heterocycles. The summed E-state index contributed by atoms with van der Waals surface area (Å²) >= 11 is 1.48.